The summed E-state index contributed by atoms with van der Waals surface area (Å²) in [6.45, 7) is 8.77. The summed E-state index contributed by atoms with van der Waals surface area (Å²) in [5, 5.41) is 0. The van der Waals surface area contributed by atoms with Crippen molar-refractivity contribution >= 4 is 22.6 Å². The highest BCUT2D eigenvalue weighted by Gasteiger charge is 2.18. The lowest BCUT2D eigenvalue weighted by atomic mass is 9.89. The normalized spacial score (nSPS) is 15.7. The second-order valence-electron chi connectivity index (χ2n) is 3.30. The van der Waals surface area contributed by atoms with E-state index < -0.39 is 0 Å². The minimum Gasteiger partial charge on any atom is -0.252 e. The fourth-order valence-electron chi connectivity index (χ4n) is 0.256. The maximum Gasteiger partial charge on any atom is 0.0199 e. The monoisotopic (exact) mass is 165 g/mol. The molecule has 0 aliphatic carbocycles. The maximum atomic E-state index is 4.00. The van der Waals surface area contributed by atoms with Gasteiger partial charge in [-0.25, -0.2) is 0 Å². The van der Waals surface area contributed by atoms with Crippen molar-refractivity contribution in [3.8, 4) is 0 Å². The second-order valence-corrected chi connectivity index (χ2v) is 4.26. The molecule has 0 aliphatic heterocycles. The zero-order chi connectivity index (χ0) is 7.49. The van der Waals surface area contributed by atoms with Gasteiger partial charge in [-0.1, -0.05) is 32.4 Å². The van der Waals surface area contributed by atoms with Crippen molar-refractivity contribution in [3.63, 3.8) is 0 Å². The predicted molar refractivity (Wildman–Crippen MR) is 48.6 cm³/mol. The molecule has 0 heterocycles. The third-order valence-corrected chi connectivity index (χ3v) is 2.30. The van der Waals surface area contributed by atoms with E-state index in [-0.39, 0.29) is 0 Å². The highest BCUT2D eigenvalue weighted by molar-refractivity contribution is 8.67. The topological polar surface area (TPSA) is 12.0 Å². The van der Waals surface area contributed by atoms with Crippen LogP contribution in [0.1, 0.15) is 27.7 Å². The number of thiol groups is 1. The van der Waals surface area contributed by atoms with E-state index in [0.29, 0.717) is 11.5 Å². The van der Waals surface area contributed by atoms with E-state index in [4.69, 9.17) is 0 Å². The summed E-state index contributed by atoms with van der Waals surface area (Å²) >= 11 is 4.00. The van der Waals surface area contributed by atoms with E-state index in [1.807, 2.05) is 0 Å². The van der Waals surface area contributed by atoms with Crippen molar-refractivity contribution in [1.82, 2.24) is 4.72 Å². The zero-order valence-corrected chi connectivity index (χ0v) is 8.14. The molecule has 0 radical (unpaired) electrons. The summed E-state index contributed by atoms with van der Waals surface area (Å²) in [5.41, 5.74) is 0.329. The van der Waals surface area contributed by atoms with Crippen LogP contribution in [0.3, 0.4) is 0 Å². The summed E-state index contributed by atoms with van der Waals surface area (Å²) in [5.74, 6) is 0. The van der Waals surface area contributed by atoms with Crippen LogP contribution in [-0.4, -0.2) is 6.04 Å². The number of rotatable bonds is 2. The van der Waals surface area contributed by atoms with Crippen molar-refractivity contribution in [3.05, 3.63) is 0 Å². The molecular formula is C6H15NS2. The van der Waals surface area contributed by atoms with Crippen LogP contribution in [0.5, 0.6) is 0 Å². The van der Waals surface area contributed by atoms with Gasteiger partial charge in [-0.15, -0.1) is 0 Å². The molecule has 0 aromatic rings. The molecule has 0 aliphatic rings. The Kier molecular flexibility index (Phi) is 4.01. The Morgan fingerprint density at radius 2 is 1.89 bits per heavy atom. The van der Waals surface area contributed by atoms with Crippen molar-refractivity contribution in [2.75, 3.05) is 0 Å². The van der Waals surface area contributed by atoms with Crippen LogP contribution in [0.15, 0.2) is 0 Å². The summed E-state index contributed by atoms with van der Waals surface area (Å²) in [7, 11) is 1.38. The van der Waals surface area contributed by atoms with E-state index in [1.54, 1.807) is 0 Å². The van der Waals surface area contributed by atoms with Crippen LogP contribution >= 0.6 is 22.6 Å². The van der Waals surface area contributed by atoms with E-state index in [9.17, 15) is 0 Å². The van der Waals surface area contributed by atoms with Crippen LogP contribution in [-0.2, 0) is 0 Å². The third-order valence-electron chi connectivity index (χ3n) is 1.53. The lowest BCUT2D eigenvalue weighted by Crippen LogP contribution is -2.32. The molecule has 0 bridgehead atoms. The van der Waals surface area contributed by atoms with Gasteiger partial charge < -0.3 is 0 Å². The van der Waals surface area contributed by atoms with E-state index >= 15 is 0 Å². The lowest BCUT2D eigenvalue weighted by Gasteiger charge is -2.26. The van der Waals surface area contributed by atoms with Crippen LogP contribution in [0.25, 0.3) is 0 Å². The van der Waals surface area contributed by atoms with Gasteiger partial charge in [-0.3, -0.25) is 4.72 Å². The van der Waals surface area contributed by atoms with E-state index in [0.717, 1.165) is 0 Å². The quantitative estimate of drug-likeness (QED) is 0.370. The van der Waals surface area contributed by atoms with Gasteiger partial charge in [0, 0.05) is 6.04 Å². The first-order valence-electron chi connectivity index (χ1n) is 3.04. The van der Waals surface area contributed by atoms with Gasteiger partial charge in [0.25, 0.3) is 0 Å². The Morgan fingerprint density at radius 1 is 1.44 bits per heavy atom. The lowest BCUT2D eigenvalue weighted by molar-refractivity contribution is 0.325. The molecule has 0 saturated carbocycles. The Balaban J connectivity index is 3.59. The number of hydrogen-bond donors (Lipinski definition) is 2. The first-order chi connectivity index (χ1) is 3.98. The van der Waals surface area contributed by atoms with E-state index in [2.05, 4.69) is 44.1 Å². The molecule has 0 fully saturated rings. The summed E-state index contributed by atoms with van der Waals surface area (Å²) in [6.07, 6.45) is 0. The molecule has 1 nitrogen and oxygen atoms in total. The van der Waals surface area contributed by atoms with Crippen LogP contribution in [0, 0.1) is 5.41 Å². The fourth-order valence-corrected chi connectivity index (χ4v) is 1.24. The molecule has 0 saturated heterocycles. The molecular weight excluding hydrogens is 150 g/mol. The first kappa shape index (κ1) is 9.66. The number of hydrogen-bond acceptors (Lipinski definition) is 3. The minimum atomic E-state index is 0.329. The Labute approximate surface area is 66.9 Å². The highest BCUT2D eigenvalue weighted by Crippen LogP contribution is 2.20. The van der Waals surface area contributed by atoms with Crippen LogP contribution < -0.4 is 4.72 Å². The van der Waals surface area contributed by atoms with Gasteiger partial charge in [0.05, 0.1) is 0 Å². The molecule has 1 unspecified atom stereocenters. The van der Waals surface area contributed by atoms with E-state index in [1.165, 1.54) is 11.0 Å². The van der Waals surface area contributed by atoms with Gasteiger partial charge in [-0.2, -0.15) is 0 Å². The molecule has 9 heavy (non-hydrogen) atoms. The van der Waals surface area contributed by atoms with Gasteiger partial charge in [-0.05, 0) is 23.3 Å². The molecule has 0 spiro atoms. The average Bonchev–Trinajstić information content (AvgIpc) is 1.64. The SMILES string of the molecule is CC(NSS)C(C)(C)C. The van der Waals surface area contributed by atoms with Crippen LogP contribution in [0.2, 0.25) is 0 Å². The molecule has 56 valence electrons. The summed E-state index contributed by atoms with van der Waals surface area (Å²) < 4.78 is 3.17. The minimum absolute atomic E-state index is 0.329. The molecule has 0 amide bonds. The number of nitrogens with one attached hydrogen (secondary N) is 1. The third kappa shape index (κ3) is 4.12. The van der Waals surface area contributed by atoms with Gasteiger partial charge in [0.15, 0.2) is 0 Å². The molecule has 0 rings (SSSR count). The van der Waals surface area contributed by atoms with Crippen molar-refractivity contribution in [2.45, 2.75) is 33.7 Å². The van der Waals surface area contributed by atoms with Crippen molar-refractivity contribution in [2.24, 2.45) is 5.41 Å². The molecule has 0 aromatic carbocycles. The van der Waals surface area contributed by atoms with Crippen molar-refractivity contribution < 1.29 is 0 Å². The Bertz CT molecular complexity index is 77.6. The first-order valence-corrected chi connectivity index (χ1v) is 4.91. The fraction of sp³-hybridized carbons (Fsp3) is 1.00. The molecule has 1 atom stereocenters. The standard InChI is InChI=1S/C6H15NS2/c1-5(7-9-8)6(2,3)4/h5,7-8H,1-4H3. The zero-order valence-electron chi connectivity index (χ0n) is 6.43. The summed E-state index contributed by atoms with van der Waals surface area (Å²) in [6, 6.07) is 0.500. The molecule has 0 aromatic heterocycles. The molecule has 1 N–H and O–H groups in total. The summed E-state index contributed by atoms with van der Waals surface area (Å²) in [4.78, 5) is 0. The Hall–Kier alpha value is 0.660. The molecule has 3 heteroatoms. The second kappa shape index (κ2) is 3.74. The Morgan fingerprint density at radius 3 is 2.00 bits per heavy atom. The van der Waals surface area contributed by atoms with Crippen LogP contribution in [0.4, 0.5) is 0 Å². The smallest absolute Gasteiger partial charge is 0.0199 e. The average molecular weight is 165 g/mol. The largest absolute Gasteiger partial charge is 0.252 e. The van der Waals surface area contributed by atoms with Crippen molar-refractivity contribution in [1.29, 1.82) is 0 Å². The van der Waals surface area contributed by atoms with Gasteiger partial charge in [0.2, 0.25) is 0 Å². The maximum absolute atomic E-state index is 4.00. The van der Waals surface area contributed by atoms with Gasteiger partial charge in [0.1, 0.15) is 0 Å². The highest BCUT2D eigenvalue weighted by atomic mass is 33.1. The van der Waals surface area contributed by atoms with Gasteiger partial charge >= 0.3 is 0 Å². The predicted octanol–water partition coefficient (Wildman–Crippen LogP) is 2.50.